The number of hydrogen-bond acceptors (Lipinski definition) is 3. The van der Waals surface area contributed by atoms with Gasteiger partial charge in [-0.25, -0.2) is 4.79 Å². The highest BCUT2D eigenvalue weighted by atomic mass is 32.1. The Labute approximate surface area is 151 Å². The summed E-state index contributed by atoms with van der Waals surface area (Å²) in [4.78, 5) is 26.8. The third-order valence-electron chi connectivity index (χ3n) is 4.97. The molecule has 0 bridgehead atoms. The number of rotatable bonds is 3. The molecule has 0 atom stereocenters. The molecular formula is C19H21N3O2S. The van der Waals surface area contributed by atoms with Crippen LogP contribution < -0.4 is 15.5 Å². The van der Waals surface area contributed by atoms with E-state index < -0.39 is 0 Å². The Bertz CT molecular complexity index is 782. The van der Waals surface area contributed by atoms with E-state index in [1.54, 1.807) is 0 Å². The van der Waals surface area contributed by atoms with E-state index in [0.717, 1.165) is 49.3 Å². The van der Waals surface area contributed by atoms with Crippen molar-refractivity contribution in [2.24, 2.45) is 5.92 Å². The monoisotopic (exact) mass is 355 g/mol. The standard InChI is InChI=1S/C19H21N3O2S/c23-18(14-4-1-2-5-14)22-10-9-13-7-8-15(12-16(13)22)20-19(24)21-17-6-3-11-25-17/h3,6-8,11-12,14H,1-2,4-5,9-10H2,(H2,20,21,24). The van der Waals surface area contributed by atoms with Crippen LogP contribution in [0.4, 0.5) is 21.2 Å². The first-order valence-corrected chi connectivity index (χ1v) is 9.64. The number of nitrogens with zero attached hydrogens (tertiary/aromatic N) is 1. The normalized spacial score (nSPS) is 16.7. The van der Waals surface area contributed by atoms with Crippen LogP contribution in [0.2, 0.25) is 0 Å². The second-order valence-corrected chi connectivity index (χ2v) is 7.57. The third kappa shape index (κ3) is 3.39. The first-order chi connectivity index (χ1) is 12.2. The summed E-state index contributed by atoms with van der Waals surface area (Å²) in [6, 6.07) is 9.31. The molecule has 1 fully saturated rings. The van der Waals surface area contributed by atoms with Gasteiger partial charge in [0.15, 0.2) is 0 Å². The fourth-order valence-corrected chi connectivity index (χ4v) is 4.32. The van der Waals surface area contributed by atoms with Crippen molar-refractivity contribution in [1.29, 1.82) is 0 Å². The predicted octanol–water partition coefficient (Wildman–Crippen LogP) is 4.47. The minimum Gasteiger partial charge on any atom is -0.312 e. The molecule has 2 N–H and O–H groups in total. The van der Waals surface area contributed by atoms with E-state index in [0.29, 0.717) is 5.69 Å². The molecule has 25 heavy (non-hydrogen) atoms. The number of amides is 3. The summed E-state index contributed by atoms with van der Waals surface area (Å²) in [6.07, 6.45) is 5.20. The van der Waals surface area contributed by atoms with Gasteiger partial charge in [-0.2, -0.15) is 0 Å². The van der Waals surface area contributed by atoms with Crippen molar-refractivity contribution >= 4 is 39.7 Å². The molecule has 1 aliphatic carbocycles. The van der Waals surface area contributed by atoms with Crippen LogP contribution >= 0.6 is 11.3 Å². The van der Waals surface area contributed by atoms with Crippen molar-refractivity contribution < 1.29 is 9.59 Å². The summed E-state index contributed by atoms with van der Waals surface area (Å²) in [7, 11) is 0. The first kappa shape index (κ1) is 16.1. The number of anilines is 3. The fourth-order valence-electron chi connectivity index (χ4n) is 3.70. The Kier molecular flexibility index (Phi) is 4.44. The maximum atomic E-state index is 12.8. The average Bonchev–Trinajstić information content (AvgIpc) is 3.35. The van der Waals surface area contributed by atoms with E-state index in [1.807, 2.05) is 40.6 Å². The molecule has 0 radical (unpaired) electrons. The molecule has 1 aromatic heterocycles. The van der Waals surface area contributed by atoms with Gasteiger partial charge in [0, 0.05) is 23.8 Å². The first-order valence-electron chi connectivity index (χ1n) is 8.76. The molecule has 6 heteroatoms. The van der Waals surface area contributed by atoms with E-state index in [2.05, 4.69) is 10.6 Å². The summed E-state index contributed by atoms with van der Waals surface area (Å²) in [6.45, 7) is 0.746. The summed E-state index contributed by atoms with van der Waals surface area (Å²) >= 11 is 1.48. The largest absolute Gasteiger partial charge is 0.324 e. The van der Waals surface area contributed by atoms with Crippen LogP contribution in [0.3, 0.4) is 0 Å². The van der Waals surface area contributed by atoms with Gasteiger partial charge >= 0.3 is 6.03 Å². The van der Waals surface area contributed by atoms with E-state index >= 15 is 0 Å². The zero-order valence-corrected chi connectivity index (χ0v) is 14.8. The lowest BCUT2D eigenvalue weighted by molar-refractivity contribution is -0.122. The number of nitrogens with one attached hydrogen (secondary N) is 2. The van der Waals surface area contributed by atoms with E-state index in [4.69, 9.17) is 0 Å². The second-order valence-electron chi connectivity index (χ2n) is 6.62. The number of carbonyl (C=O) groups excluding carboxylic acids is 2. The Morgan fingerprint density at radius 2 is 1.96 bits per heavy atom. The zero-order valence-electron chi connectivity index (χ0n) is 14.0. The van der Waals surface area contributed by atoms with Gasteiger partial charge in [0.1, 0.15) is 0 Å². The Balaban J connectivity index is 1.48. The topological polar surface area (TPSA) is 61.4 Å². The van der Waals surface area contributed by atoms with Gasteiger partial charge in [-0.3, -0.25) is 10.1 Å². The highest BCUT2D eigenvalue weighted by Crippen LogP contribution is 2.35. The maximum absolute atomic E-state index is 12.8. The van der Waals surface area contributed by atoms with E-state index in [9.17, 15) is 9.59 Å². The molecule has 0 spiro atoms. The summed E-state index contributed by atoms with van der Waals surface area (Å²) in [5.41, 5.74) is 2.83. The van der Waals surface area contributed by atoms with Crippen LogP contribution in [-0.2, 0) is 11.2 Å². The number of urea groups is 1. The summed E-state index contributed by atoms with van der Waals surface area (Å²) < 4.78 is 0. The Morgan fingerprint density at radius 1 is 1.12 bits per heavy atom. The van der Waals surface area contributed by atoms with Crippen molar-refractivity contribution in [3.63, 3.8) is 0 Å². The number of fused-ring (bicyclic) bond motifs is 1. The molecule has 1 aromatic carbocycles. The maximum Gasteiger partial charge on any atom is 0.324 e. The fraction of sp³-hybridized carbons (Fsp3) is 0.368. The van der Waals surface area contributed by atoms with Crippen LogP contribution in [0.15, 0.2) is 35.7 Å². The van der Waals surface area contributed by atoms with Crippen molar-refractivity contribution in [1.82, 2.24) is 0 Å². The van der Waals surface area contributed by atoms with Gasteiger partial charge in [-0.15, -0.1) is 11.3 Å². The summed E-state index contributed by atoms with van der Waals surface area (Å²) in [5, 5.41) is 8.38. The molecule has 2 heterocycles. The highest BCUT2D eigenvalue weighted by Gasteiger charge is 2.31. The Hall–Kier alpha value is -2.34. The van der Waals surface area contributed by atoms with E-state index in [-0.39, 0.29) is 17.9 Å². The molecule has 5 nitrogen and oxygen atoms in total. The molecule has 4 rings (SSSR count). The molecule has 0 saturated heterocycles. The summed E-state index contributed by atoms with van der Waals surface area (Å²) in [5.74, 6) is 0.418. The van der Waals surface area contributed by atoms with Gasteiger partial charge in [0.25, 0.3) is 0 Å². The Morgan fingerprint density at radius 3 is 2.72 bits per heavy atom. The van der Waals surface area contributed by atoms with Crippen LogP contribution in [0, 0.1) is 5.92 Å². The van der Waals surface area contributed by atoms with Crippen molar-refractivity contribution in [2.75, 3.05) is 22.1 Å². The number of thiophene rings is 1. The quantitative estimate of drug-likeness (QED) is 0.853. The molecule has 2 aromatic rings. The van der Waals surface area contributed by atoms with Gasteiger partial charge < -0.3 is 10.2 Å². The van der Waals surface area contributed by atoms with Crippen LogP contribution in [-0.4, -0.2) is 18.5 Å². The van der Waals surface area contributed by atoms with Gasteiger partial charge in [0.2, 0.25) is 5.91 Å². The molecule has 0 unspecified atom stereocenters. The van der Waals surface area contributed by atoms with Crippen LogP contribution in [0.25, 0.3) is 0 Å². The van der Waals surface area contributed by atoms with Crippen LogP contribution in [0.5, 0.6) is 0 Å². The lowest BCUT2D eigenvalue weighted by Gasteiger charge is -2.21. The highest BCUT2D eigenvalue weighted by molar-refractivity contribution is 7.14. The second kappa shape index (κ2) is 6.88. The lowest BCUT2D eigenvalue weighted by Crippen LogP contribution is -2.33. The minimum atomic E-state index is -0.269. The van der Waals surface area contributed by atoms with Crippen molar-refractivity contribution in [2.45, 2.75) is 32.1 Å². The minimum absolute atomic E-state index is 0.171. The molecule has 2 aliphatic rings. The number of carbonyl (C=O) groups is 2. The van der Waals surface area contributed by atoms with Crippen molar-refractivity contribution in [3.8, 4) is 0 Å². The van der Waals surface area contributed by atoms with Crippen molar-refractivity contribution in [3.05, 3.63) is 41.3 Å². The third-order valence-corrected chi connectivity index (χ3v) is 5.75. The lowest BCUT2D eigenvalue weighted by atomic mass is 10.1. The average molecular weight is 355 g/mol. The van der Waals surface area contributed by atoms with Crippen LogP contribution in [0.1, 0.15) is 31.2 Å². The predicted molar refractivity (Wildman–Crippen MR) is 101 cm³/mol. The smallest absolute Gasteiger partial charge is 0.312 e. The molecule has 1 aliphatic heterocycles. The number of benzene rings is 1. The van der Waals surface area contributed by atoms with Gasteiger partial charge in [-0.1, -0.05) is 18.9 Å². The van der Waals surface area contributed by atoms with Gasteiger partial charge in [-0.05, 0) is 54.5 Å². The number of hydrogen-bond donors (Lipinski definition) is 2. The zero-order chi connectivity index (χ0) is 17.2. The molecular weight excluding hydrogens is 334 g/mol. The molecule has 3 amide bonds. The van der Waals surface area contributed by atoms with E-state index in [1.165, 1.54) is 16.9 Å². The molecule has 1 saturated carbocycles. The van der Waals surface area contributed by atoms with Gasteiger partial charge in [0.05, 0.1) is 5.00 Å². The molecule has 130 valence electrons. The SMILES string of the molecule is O=C(Nc1ccc2c(c1)N(C(=O)C1CCCC1)CC2)Nc1cccs1.